The van der Waals surface area contributed by atoms with E-state index in [4.69, 9.17) is 23.5 Å². The second-order valence-electron chi connectivity index (χ2n) is 11.1. The van der Waals surface area contributed by atoms with E-state index in [0.717, 1.165) is 16.7 Å². The summed E-state index contributed by atoms with van der Waals surface area (Å²) in [7, 11) is 3.15. The molecule has 0 unspecified atom stereocenters. The number of benzene rings is 3. The van der Waals surface area contributed by atoms with Gasteiger partial charge >= 0.3 is 7.67 Å². The van der Waals surface area contributed by atoms with Gasteiger partial charge in [0.05, 0.1) is 26.4 Å². The highest BCUT2D eigenvalue weighted by Gasteiger charge is 2.51. The molecule has 44 heavy (non-hydrogen) atoms. The van der Waals surface area contributed by atoms with Crippen LogP contribution < -0.4 is 5.32 Å². The van der Waals surface area contributed by atoms with Gasteiger partial charge in [0, 0.05) is 6.92 Å². The molecule has 1 amide bonds. The van der Waals surface area contributed by atoms with Gasteiger partial charge in [0.2, 0.25) is 5.91 Å². The Labute approximate surface area is 260 Å². The second kappa shape index (κ2) is 16.4. The van der Waals surface area contributed by atoms with Crippen LogP contribution in [0.4, 0.5) is 0 Å². The fourth-order valence-electron chi connectivity index (χ4n) is 5.00. The van der Waals surface area contributed by atoms with Crippen LogP contribution in [0.3, 0.4) is 0 Å². The predicted molar refractivity (Wildman–Crippen MR) is 168 cm³/mol. The molecule has 4 rings (SSSR count). The Bertz CT molecular complexity index is 1320. The first-order valence-corrected chi connectivity index (χ1v) is 16.2. The minimum Gasteiger partial charge on any atom is -0.374 e. The van der Waals surface area contributed by atoms with Gasteiger partial charge in [-0.05, 0) is 44.9 Å². The summed E-state index contributed by atoms with van der Waals surface area (Å²) in [5.74, 6) is -0.314. The van der Waals surface area contributed by atoms with E-state index in [-0.39, 0.29) is 25.7 Å². The fraction of sp³-hybridized carbons (Fsp3) is 0.424. The summed E-state index contributed by atoms with van der Waals surface area (Å²) in [5.41, 5.74) is 2.93. The molecule has 238 valence electrons. The number of carbonyl (C=O) groups is 1. The first-order chi connectivity index (χ1) is 21.2. The Hall–Kier alpha value is -2.92. The lowest BCUT2D eigenvalue weighted by Crippen LogP contribution is -2.66. The van der Waals surface area contributed by atoms with Crippen LogP contribution in [0.1, 0.15) is 23.6 Å². The lowest BCUT2D eigenvalue weighted by molar-refractivity contribution is -0.271. The lowest BCUT2D eigenvalue weighted by Gasteiger charge is -2.47. The van der Waals surface area contributed by atoms with Crippen LogP contribution in [0.5, 0.6) is 0 Å². The number of nitrogens with zero attached hydrogens (tertiary/aromatic N) is 2. The quantitative estimate of drug-likeness (QED) is 0.238. The van der Waals surface area contributed by atoms with E-state index in [0.29, 0.717) is 6.61 Å². The molecule has 0 saturated carbocycles. The van der Waals surface area contributed by atoms with Gasteiger partial charge in [0.25, 0.3) is 0 Å². The molecule has 5 atom stereocenters. The molecule has 0 aromatic heterocycles. The summed E-state index contributed by atoms with van der Waals surface area (Å²) in [4.78, 5) is 12.6. The molecule has 0 bridgehead atoms. The molecular formula is C33H44N3O7P. The van der Waals surface area contributed by atoms with Crippen LogP contribution in [0.15, 0.2) is 91.0 Å². The molecule has 0 spiro atoms. The molecule has 0 aliphatic carbocycles. The van der Waals surface area contributed by atoms with Crippen molar-refractivity contribution in [3.05, 3.63) is 108 Å². The van der Waals surface area contributed by atoms with Crippen molar-refractivity contribution in [3.8, 4) is 0 Å². The average molecular weight is 626 g/mol. The SMILES string of the molecule is CC(=O)N[C@H]1[C@@H](OP(=O)(N(C)C)N(C)C)O[C@H](COCc2ccccc2)[C@@H](OCc2ccccc2)[C@@H]1OCc1ccccc1. The van der Waals surface area contributed by atoms with Crippen LogP contribution in [-0.2, 0) is 52.7 Å². The number of ether oxygens (including phenoxy) is 4. The molecule has 3 aromatic carbocycles. The zero-order valence-corrected chi connectivity index (χ0v) is 27.0. The Morgan fingerprint density at radius 1 is 0.750 bits per heavy atom. The van der Waals surface area contributed by atoms with Crippen molar-refractivity contribution in [1.82, 2.24) is 14.7 Å². The number of hydrogen-bond donors (Lipinski definition) is 1. The van der Waals surface area contributed by atoms with E-state index in [1.165, 1.54) is 16.3 Å². The van der Waals surface area contributed by atoms with Crippen molar-refractivity contribution < 1.29 is 32.8 Å². The minimum atomic E-state index is -3.55. The van der Waals surface area contributed by atoms with E-state index >= 15 is 0 Å². The number of amides is 1. The standard InChI is InChI=1S/C33H44N3O7P/c1-25(37)34-30-32(41-23-28-19-13-8-14-20-28)31(40-22-27-17-11-7-12-18-27)29(24-39-21-26-15-9-6-10-16-26)42-33(30)43-44(38,35(2)3)36(4)5/h6-20,29-33H,21-24H2,1-5H3,(H,34,37)/t29-,30-,31-,32-,33-/m1/s1. The molecule has 0 radical (unpaired) electrons. The van der Waals surface area contributed by atoms with E-state index < -0.39 is 38.3 Å². The Morgan fingerprint density at radius 3 is 1.66 bits per heavy atom. The van der Waals surface area contributed by atoms with Crippen LogP contribution in [0.2, 0.25) is 0 Å². The maximum absolute atomic E-state index is 14.0. The lowest BCUT2D eigenvalue weighted by atomic mass is 9.96. The summed E-state index contributed by atoms with van der Waals surface area (Å²) in [6.07, 6.45) is -3.25. The van der Waals surface area contributed by atoms with Crippen molar-refractivity contribution >= 4 is 13.6 Å². The molecule has 1 fully saturated rings. The molecule has 1 saturated heterocycles. The van der Waals surface area contributed by atoms with Crippen molar-refractivity contribution in [3.63, 3.8) is 0 Å². The molecule has 10 nitrogen and oxygen atoms in total. The van der Waals surface area contributed by atoms with Crippen molar-refractivity contribution in [2.24, 2.45) is 0 Å². The van der Waals surface area contributed by atoms with E-state index in [1.54, 1.807) is 28.2 Å². The van der Waals surface area contributed by atoms with Gasteiger partial charge in [-0.15, -0.1) is 0 Å². The third kappa shape index (κ3) is 9.30. The molecule has 1 heterocycles. The predicted octanol–water partition coefficient (Wildman–Crippen LogP) is 4.85. The highest BCUT2D eigenvalue weighted by Crippen LogP contribution is 2.53. The second-order valence-corrected chi connectivity index (χ2v) is 13.9. The highest BCUT2D eigenvalue weighted by atomic mass is 31.2. The Morgan fingerprint density at radius 2 is 1.20 bits per heavy atom. The Kier molecular flexibility index (Phi) is 12.7. The topological polar surface area (TPSA) is 98.8 Å². The molecule has 1 aliphatic heterocycles. The Balaban J connectivity index is 1.69. The molecule has 1 aliphatic rings. The first-order valence-electron chi connectivity index (χ1n) is 14.7. The third-order valence-electron chi connectivity index (χ3n) is 7.23. The van der Waals surface area contributed by atoms with Crippen LogP contribution >= 0.6 is 7.67 Å². The summed E-state index contributed by atoms with van der Waals surface area (Å²) in [6, 6.07) is 28.5. The molecular weight excluding hydrogens is 581 g/mol. The zero-order chi connectivity index (χ0) is 31.5. The number of hydrogen-bond acceptors (Lipinski definition) is 7. The number of carbonyl (C=O) groups excluding carboxylic acids is 1. The van der Waals surface area contributed by atoms with Crippen molar-refractivity contribution in [1.29, 1.82) is 0 Å². The number of rotatable bonds is 15. The van der Waals surface area contributed by atoms with E-state index in [1.807, 2.05) is 91.0 Å². The fourth-order valence-corrected chi connectivity index (χ4v) is 6.54. The summed E-state index contributed by atoms with van der Waals surface area (Å²) in [5, 5.41) is 2.96. The normalized spacial score (nSPS) is 22.3. The van der Waals surface area contributed by atoms with Gasteiger partial charge in [-0.2, -0.15) is 0 Å². The van der Waals surface area contributed by atoms with Gasteiger partial charge in [0.1, 0.15) is 24.4 Å². The van der Waals surface area contributed by atoms with E-state index in [2.05, 4.69) is 5.32 Å². The van der Waals surface area contributed by atoms with Crippen molar-refractivity contribution in [2.75, 3.05) is 34.8 Å². The van der Waals surface area contributed by atoms with E-state index in [9.17, 15) is 9.36 Å². The maximum Gasteiger partial charge on any atom is 0.347 e. The smallest absolute Gasteiger partial charge is 0.347 e. The molecule has 3 aromatic rings. The van der Waals surface area contributed by atoms with Gasteiger partial charge in [-0.3, -0.25) is 13.9 Å². The summed E-state index contributed by atoms with van der Waals surface area (Å²) >= 11 is 0. The van der Waals surface area contributed by atoms with Crippen LogP contribution in [0.25, 0.3) is 0 Å². The third-order valence-corrected chi connectivity index (χ3v) is 9.74. The number of nitrogens with one attached hydrogen (secondary N) is 1. The summed E-state index contributed by atoms with van der Waals surface area (Å²) in [6.45, 7) is 2.44. The molecule has 11 heteroatoms. The van der Waals surface area contributed by atoms with Crippen LogP contribution in [0, 0.1) is 0 Å². The maximum atomic E-state index is 14.0. The average Bonchev–Trinajstić information content (AvgIpc) is 3.01. The van der Waals surface area contributed by atoms with Gasteiger partial charge in [-0.1, -0.05) is 91.0 Å². The minimum absolute atomic E-state index is 0.139. The first kappa shape index (κ1) is 34.0. The zero-order valence-electron chi connectivity index (χ0n) is 26.1. The largest absolute Gasteiger partial charge is 0.374 e. The van der Waals surface area contributed by atoms with Crippen molar-refractivity contribution in [2.45, 2.75) is 57.4 Å². The van der Waals surface area contributed by atoms with Gasteiger partial charge in [-0.25, -0.2) is 9.34 Å². The van der Waals surface area contributed by atoms with Gasteiger partial charge in [0.15, 0.2) is 6.29 Å². The van der Waals surface area contributed by atoms with Gasteiger partial charge < -0.3 is 24.3 Å². The van der Waals surface area contributed by atoms with Crippen LogP contribution in [-0.4, -0.2) is 80.7 Å². The summed E-state index contributed by atoms with van der Waals surface area (Å²) < 4.78 is 49.1. The highest BCUT2D eigenvalue weighted by molar-refractivity contribution is 7.53. The monoisotopic (exact) mass is 625 g/mol. The molecule has 1 N–H and O–H groups in total.